The van der Waals surface area contributed by atoms with Crippen LogP contribution in [-0.2, 0) is 0 Å². The first-order valence-corrected chi connectivity index (χ1v) is 7.36. The summed E-state index contributed by atoms with van der Waals surface area (Å²) in [5.41, 5.74) is 4.67. The fraction of sp³-hybridized carbons (Fsp3) is 0. The van der Waals surface area contributed by atoms with Crippen LogP contribution in [0.1, 0.15) is 0 Å². The highest BCUT2D eigenvalue weighted by Crippen LogP contribution is 2.33. The SMILES string of the molecule is Clc1cccnc1-c1ccccc1-c1nc2ccccc2[nH]1. The maximum absolute atomic E-state index is 6.30. The second-order valence-electron chi connectivity index (χ2n) is 4.98. The molecule has 2 heterocycles. The Kier molecular flexibility index (Phi) is 3.13. The summed E-state index contributed by atoms with van der Waals surface area (Å²) >= 11 is 6.30. The maximum Gasteiger partial charge on any atom is 0.139 e. The molecule has 0 unspecified atom stereocenters. The van der Waals surface area contributed by atoms with Gasteiger partial charge in [-0.05, 0) is 24.3 Å². The van der Waals surface area contributed by atoms with E-state index in [4.69, 9.17) is 11.6 Å². The molecule has 3 nitrogen and oxygen atoms in total. The maximum atomic E-state index is 6.30. The molecule has 0 aliphatic carbocycles. The molecule has 0 fully saturated rings. The van der Waals surface area contributed by atoms with Crippen molar-refractivity contribution in [3.8, 4) is 22.6 Å². The van der Waals surface area contributed by atoms with Crippen molar-refractivity contribution >= 4 is 22.6 Å². The number of hydrogen-bond donors (Lipinski definition) is 1. The van der Waals surface area contributed by atoms with Crippen LogP contribution >= 0.6 is 11.6 Å². The number of imidazole rings is 1. The summed E-state index contributed by atoms with van der Waals surface area (Å²) in [6, 6.07) is 19.7. The van der Waals surface area contributed by atoms with Gasteiger partial charge in [-0.2, -0.15) is 0 Å². The number of aromatic nitrogens is 3. The van der Waals surface area contributed by atoms with Crippen molar-refractivity contribution in [3.63, 3.8) is 0 Å². The molecule has 1 N–H and O–H groups in total. The summed E-state index contributed by atoms with van der Waals surface area (Å²) < 4.78 is 0. The average molecular weight is 306 g/mol. The Morgan fingerprint density at radius 1 is 0.818 bits per heavy atom. The van der Waals surface area contributed by atoms with Crippen LogP contribution in [0.3, 0.4) is 0 Å². The number of para-hydroxylation sites is 2. The van der Waals surface area contributed by atoms with E-state index < -0.39 is 0 Å². The van der Waals surface area contributed by atoms with Crippen molar-refractivity contribution in [2.75, 3.05) is 0 Å². The number of rotatable bonds is 2. The average Bonchev–Trinajstić information content (AvgIpc) is 2.99. The van der Waals surface area contributed by atoms with Crippen LogP contribution in [0.25, 0.3) is 33.7 Å². The van der Waals surface area contributed by atoms with Crippen LogP contribution in [0.2, 0.25) is 5.02 Å². The number of benzene rings is 2. The predicted octanol–water partition coefficient (Wildman–Crippen LogP) is 4.95. The van der Waals surface area contributed by atoms with Gasteiger partial charge in [-0.1, -0.05) is 48.0 Å². The third-order valence-corrected chi connectivity index (χ3v) is 3.89. The number of halogens is 1. The van der Waals surface area contributed by atoms with Gasteiger partial charge in [0.05, 0.1) is 21.7 Å². The van der Waals surface area contributed by atoms with E-state index in [1.807, 2.05) is 60.7 Å². The Balaban J connectivity index is 1.95. The van der Waals surface area contributed by atoms with Gasteiger partial charge in [-0.25, -0.2) is 4.98 Å². The zero-order chi connectivity index (χ0) is 14.9. The molecule has 2 aromatic heterocycles. The molecule has 0 saturated heterocycles. The molecule has 4 aromatic rings. The Morgan fingerprint density at radius 2 is 1.59 bits per heavy atom. The first-order valence-electron chi connectivity index (χ1n) is 6.98. The van der Waals surface area contributed by atoms with Crippen molar-refractivity contribution in [1.29, 1.82) is 0 Å². The Hall–Kier alpha value is -2.65. The van der Waals surface area contributed by atoms with Gasteiger partial charge in [0.25, 0.3) is 0 Å². The van der Waals surface area contributed by atoms with Crippen molar-refractivity contribution < 1.29 is 0 Å². The van der Waals surface area contributed by atoms with Crippen LogP contribution in [0.5, 0.6) is 0 Å². The predicted molar refractivity (Wildman–Crippen MR) is 89.8 cm³/mol. The quantitative estimate of drug-likeness (QED) is 0.569. The third-order valence-electron chi connectivity index (χ3n) is 3.59. The molecule has 2 aromatic carbocycles. The molecular formula is C18H12ClN3. The van der Waals surface area contributed by atoms with E-state index in [1.54, 1.807) is 6.20 Å². The number of hydrogen-bond acceptors (Lipinski definition) is 2. The highest BCUT2D eigenvalue weighted by molar-refractivity contribution is 6.33. The Bertz CT molecular complexity index is 926. The van der Waals surface area contributed by atoms with Gasteiger partial charge >= 0.3 is 0 Å². The van der Waals surface area contributed by atoms with Crippen molar-refractivity contribution in [1.82, 2.24) is 15.0 Å². The summed E-state index contributed by atoms with van der Waals surface area (Å²) in [4.78, 5) is 12.4. The molecular weight excluding hydrogens is 294 g/mol. The number of H-pyrrole nitrogens is 1. The number of nitrogens with zero attached hydrogens (tertiary/aromatic N) is 2. The largest absolute Gasteiger partial charge is 0.338 e. The highest BCUT2D eigenvalue weighted by Gasteiger charge is 2.13. The van der Waals surface area contributed by atoms with E-state index >= 15 is 0 Å². The molecule has 22 heavy (non-hydrogen) atoms. The summed E-state index contributed by atoms with van der Waals surface area (Å²) in [5.74, 6) is 0.818. The molecule has 106 valence electrons. The Labute approximate surface area is 132 Å². The minimum absolute atomic E-state index is 0.631. The second kappa shape index (κ2) is 5.28. The molecule has 0 atom stereocenters. The fourth-order valence-corrected chi connectivity index (χ4v) is 2.78. The van der Waals surface area contributed by atoms with Crippen LogP contribution in [0.4, 0.5) is 0 Å². The lowest BCUT2D eigenvalue weighted by Gasteiger charge is -2.08. The van der Waals surface area contributed by atoms with Gasteiger partial charge in [-0.15, -0.1) is 0 Å². The minimum atomic E-state index is 0.631. The molecule has 0 amide bonds. The van der Waals surface area contributed by atoms with E-state index in [9.17, 15) is 0 Å². The number of fused-ring (bicyclic) bond motifs is 1. The monoisotopic (exact) mass is 305 g/mol. The van der Waals surface area contributed by atoms with E-state index in [0.717, 1.165) is 33.7 Å². The van der Waals surface area contributed by atoms with E-state index in [-0.39, 0.29) is 0 Å². The lowest BCUT2D eigenvalue weighted by atomic mass is 10.0. The van der Waals surface area contributed by atoms with Crippen LogP contribution in [-0.4, -0.2) is 15.0 Å². The lowest BCUT2D eigenvalue weighted by Crippen LogP contribution is -1.90. The zero-order valence-electron chi connectivity index (χ0n) is 11.6. The van der Waals surface area contributed by atoms with Crippen molar-refractivity contribution in [2.45, 2.75) is 0 Å². The van der Waals surface area contributed by atoms with E-state index in [0.29, 0.717) is 5.02 Å². The number of aromatic amines is 1. The first kappa shape index (κ1) is 13.0. The summed E-state index contributed by atoms with van der Waals surface area (Å²) in [6.07, 6.45) is 1.75. The van der Waals surface area contributed by atoms with Gasteiger partial charge in [0.15, 0.2) is 0 Å². The van der Waals surface area contributed by atoms with Gasteiger partial charge in [0.2, 0.25) is 0 Å². The summed E-state index contributed by atoms with van der Waals surface area (Å²) in [6.45, 7) is 0. The minimum Gasteiger partial charge on any atom is -0.338 e. The summed E-state index contributed by atoms with van der Waals surface area (Å²) in [5, 5.41) is 0.631. The van der Waals surface area contributed by atoms with E-state index in [1.165, 1.54) is 0 Å². The lowest BCUT2D eigenvalue weighted by molar-refractivity contribution is 1.30. The molecule has 4 rings (SSSR count). The van der Waals surface area contributed by atoms with E-state index in [2.05, 4.69) is 15.0 Å². The molecule has 4 heteroatoms. The summed E-state index contributed by atoms with van der Waals surface area (Å²) in [7, 11) is 0. The Morgan fingerprint density at radius 3 is 2.41 bits per heavy atom. The number of nitrogens with one attached hydrogen (secondary N) is 1. The van der Waals surface area contributed by atoms with Crippen molar-refractivity contribution in [3.05, 3.63) is 71.9 Å². The second-order valence-corrected chi connectivity index (χ2v) is 5.39. The molecule has 0 radical (unpaired) electrons. The fourth-order valence-electron chi connectivity index (χ4n) is 2.56. The van der Waals surface area contributed by atoms with Crippen molar-refractivity contribution in [2.24, 2.45) is 0 Å². The van der Waals surface area contributed by atoms with Gasteiger partial charge in [-0.3, -0.25) is 4.98 Å². The highest BCUT2D eigenvalue weighted by atomic mass is 35.5. The standard InChI is InChI=1S/C18H12ClN3/c19-14-8-5-11-20-17(14)12-6-1-2-7-13(12)18-21-15-9-3-4-10-16(15)22-18/h1-11H,(H,21,22). The first-order chi connectivity index (χ1) is 10.8. The molecule has 0 aliphatic rings. The topological polar surface area (TPSA) is 41.6 Å². The van der Waals surface area contributed by atoms with Crippen LogP contribution in [0.15, 0.2) is 66.9 Å². The molecule has 0 spiro atoms. The zero-order valence-corrected chi connectivity index (χ0v) is 12.4. The van der Waals surface area contributed by atoms with Crippen LogP contribution in [0, 0.1) is 0 Å². The number of pyridine rings is 1. The van der Waals surface area contributed by atoms with Gasteiger partial charge in [0, 0.05) is 17.3 Å². The normalized spacial score (nSPS) is 11.0. The smallest absolute Gasteiger partial charge is 0.139 e. The molecule has 0 saturated carbocycles. The van der Waals surface area contributed by atoms with Crippen LogP contribution < -0.4 is 0 Å². The van der Waals surface area contributed by atoms with Gasteiger partial charge < -0.3 is 4.98 Å². The van der Waals surface area contributed by atoms with Gasteiger partial charge in [0.1, 0.15) is 5.82 Å². The molecule has 0 bridgehead atoms. The third kappa shape index (κ3) is 2.16. The molecule has 0 aliphatic heterocycles.